The Morgan fingerprint density at radius 3 is 1.89 bits per heavy atom. The van der Waals surface area contributed by atoms with Gasteiger partial charge >= 0.3 is 5.97 Å². The molecule has 0 atom stereocenters. The van der Waals surface area contributed by atoms with Crippen LogP contribution in [0, 0.1) is 0 Å². The van der Waals surface area contributed by atoms with Crippen molar-refractivity contribution in [2.24, 2.45) is 0 Å². The van der Waals surface area contributed by atoms with Gasteiger partial charge in [0, 0.05) is 5.57 Å². The predicted octanol–water partition coefficient (Wildman–Crippen LogP) is 5.72. The quantitative estimate of drug-likeness (QED) is 0.343. The molecule has 0 spiro atoms. The van der Waals surface area contributed by atoms with Gasteiger partial charge in [0.15, 0.2) is 0 Å². The molecule has 0 rings (SSSR count). The number of hydrogen-bond acceptors (Lipinski definition) is 1. The molecule has 0 aromatic rings. The smallest absolute Gasteiger partial charge is 0.331 e. The lowest BCUT2D eigenvalue weighted by Gasteiger charge is -2.03. The summed E-state index contributed by atoms with van der Waals surface area (Å²) in [6.07, 6.45) is 15.9. The van der Waals surface area contributed by atoms with E-state index in [2.05, 4.69) is 13.8 Å². The van der Waals surface area contributed by atoms with Crippen LogP contribution in [0.1, 0.15) is 90.9 Å². The van der Waals surface area contributed by atoms with Gasteiger partial charge in [-0.25, -0.2) is 4.79 Å². The SMILES string of the molecule is CCCCC=C(CCCCCCCCCC)C(=O)O. The van der Waals surface area contributed by atoms with Crippen molar-refractivity contribution >= 4 is 5.97 Å². The molecular formula is C17H32O2. The molecule has 2 nitrogen and oxygen atoms in total. The summed E-state index contributed by atoms with van der Waals surface area (Å²) in [5.74, 6) is -0.723. The second-order valence-electron chi connectivity index (χ2n) is 5.40. The highest BCUT2D eigenvalue weighted by Crippen LogP contribution is 2.14. The van der Waals surface area contributed by atoms with Crippen LogP contribution < -0.4 is 0 Å². The maximum absolute atomic E-state index is 11.1. The summed E-state index contributed by atoms with van der Waals surface area (Å²) in [5.41, 5.74) is 0.624. The first kappa shape index (κ1) is 18.2. The van der Waals surface area contributed by atoms with Crippen molar-refractivity contribution < 1.29 is 9.90 Å². The van der Waals surface area contributed by atoms with Crippen LogP contribution in [0.4, 0.5) is 0 Å². The lowest BCUT2D eigenvalue weighted by Crippen LogP contribution is -2.00. The Morgan fingerprint density at radius 1 is 0.842 bits per heavy atom. The molecule has 0 aliphatic rings. The summed E-state index contributed by atoms with van der Waals surface area (Å²) in [6.45, 7) is 4.37. The lowest BCUT2D eigenvalue weighted by atomic mass is 10.0. The molecule has 0 amide bonds. The summed E-state index contributed by atoms with van der Waals surface area (Å²) in [4.78, 5) is 11.1. The van der Waals surface area contributed by atoms with E-state index in [1.807, 2.05) is 6.08 Å². The van der Waals surface area contributed by atoms with Crippen LogP contribution in [0.25, 0.3) is 0 Å². The monoisotopic (exact) mass is 268 g/mol. The van der Waals surface area contributed by atoms with Crippen LogP contribution in [0.15, 0.2) is 11.6 Å². The molecule has 0 radical (unpaired) electrons. The molecule has 0 saturated heterocycles. The Hall–Kier alpha value is -0.790. The third-order valence-electron chi connectivity index (χ3n) is 3.52. The lowest BCUT2D eigenvalue weighted by molar-refractivity contribution is -0.132. The second kappa shape index (κ2) is 13.6. The Morgan fingerprint density at radius 2 is 1.37 bits per heavy atom. The van der Waals surface area contributed by atoms with Crippen molar-refractivity contribution in [3.8, 4) is 0 Å². The molecule has 19 heavy (non-hydrogen) atoms. The molecule has 2 heteroatoms. The fourth-order valence-electron chi connectivity index (χ4n) is 2.23. The summed E-state index contributed by atoms with van der Waals surface area (Å²) in [7, 11) is 0. The van der Waals surface area contributed by atoms with Crippen LogP contribution >= 0.6 is 0 Å². The Kier molecular flexibility index (Phi) is 13.1. The molecule has 0 unspecified atom stereocenters. The first-order chi connectivity index (χ1) is 9.22. The second-order valence-corrected chi connectivity index (χ2v) is 5.40. The van der Waals surface area contributed by atoms with E-state index in [1.54, 1.807) is 0 Å². The summed E-state index contributed by atoms with van der Waals surface area (Å²) in [6, 6.07) is 0. The molecule has 0 saturated carbocycles. The van der Waals surface area contributed by atoms with E-state index in [0.717, 1.165) is 32.1 Å². The largest absolute Gasteiger partial charge is 0.478 e. The zero-order valence-corrected chi connectivity index (χ0v) is 12.9. The van der Waals surface area contributed by atoms with Gasteiger partial charge in [-0.15, -0.1) is 0 Å². The average Bonchev–Trinajstić information content (AvgIpc) is 2.39. The number of carbonyl (C=O) groups is 1. The summed E-state index contributed by atoms with van der Waals surface area (Å²) in [5, 5.41) is 9.10. The first-order valence-electron chi connectivity index (χ1n) is 8.14. The third kappa shape index (κ3) is 12.0. The van der Waals surface area contributed by atoms with Crippen molar-refractivity contribution in [3.05, 3.63) is 11.6 Å². The van der Waals surface area contributed by atoms with Gasteiger partial charge < -0.3 is 5.11 Å². The van der Waals surface area contributed by atoms with Crippen molar-refractivity contribution in [3.63, 3.8) is 0 Å². The number of carboxylic acids is 1. The van der Waals surface area contributed by atoms with Gasteiger partial charge in [0.25, 0.3) is 0 Å². The van der Waals surface area contributed by atoms with Crippen LogP contribution in [0.5, 0.6) is 0 Å². The van der Waals surface area contributed by atoms with Gasteiger partial charge in [0.1, 0.15) is 0 Å². The van der Waals surface area contributed by atoms with E-state index in [4.69, 9.17) is 5.11 Å². The highest BCUT2D eigenvalue weighted by atomic mass is 16.4. The molecule has 0 aromatic carbocycles. The van der Waals surface area contributed by atoms with E-state index >= 15 is 0 Å². The molecule has 0 aliphatic heterocycles. The molecule has 112 valence electrons. The van der Waals surface area contributed by atoms with Gasteiger partial charge in [-0.05, 0) is 19.3 Å². The highest BCUT2D eigenvalue weighted by molar-refractivity contribution is 5.86. The normalized spacial score (nSPS) is 11.8. The van der Waals surface area contributed by atoms with Crippen LogP contribution in [-0.4, -0.2) is 11.1 Å². The number of hydrogen-bond donors (Lipinski definition) is 1. The van der Waals surface area contributed by atoms with Crippen molar-refractivity contribution in [1.29, 1.82) is 0 Å². The van der Waals surface area contributed by atoms with E-state index in [0.29, 0.717) is 5.57 Å². The van der Waals surface area contributed by atoms with Crippen LogP contribution in [-0.2, 0) is 4.79 Å². The standard InChI is InChI=1S/C17H32O2/c1-3-5-7-8-9-10-11-13-15-16(17(18)19)14-12-6-4-2/h14H,3-13,15H2,1-2H3,(H,18,19). The molecule has 0 fully saturated rings. The fraction of sp³-hybridized carbons (Fsp3) is 0.824. The number of aliphatic carboxylic acids is 1. The van der Waals surface area contributed by atoms with E-state index in [1.165, 1.54) is 44.9 Å². The molecule has 1 N–H and O–H groups in total. The minimum Gasteiger partial charge on any atom is -0.478 e. The number of carboxylic acid groups (broad SMARTS) is 1. The van der Waals surface area contributed by atoms with Gasteiger partial charge in [-0.3, -0.25) is 0 Å². The summed E-state index contributed by atoms with van der Waals surface area (Å²) < 4.78 is 0. The zero-order chi connectivity index (χ0) is 14.3. The predicted molar refractivity (Wildman–Crippen MR) is 82.5 cm³/mol. The van der Waals surface area contributed by atoms with Crippen molar-refractivity contribution in [1.82, 2.24) is 0 Å². The third-order valence-corrected chi connectivity index (χ3v) is 3.52. The molecular weight excluding hydrogens is 236 g/mol. The Labute approximate surface area is 119 Å². The summed E-state index contributed by atoms with van der Waals surface area (Å²) >= 11 is 0. The Bertz CT molecular complexity index is 244. The van der Waals surface area contributed by atoms with Gasteiger partial charge in [0.05, 0.1) is 0 Å². The zero-order valence-electron chi connectivity index (χ0n) is 12.9. The molecule has 0 aromatic heterocycles. The van der Waals surface area contributed by atoms with Crippen molar-refractivity contribution in [2.75, 3.05) is 0 Å². The van der Waals surface area contributed by atoms with Gasteiger partial charge in [-0.2, -0.15) is 0 Å². The van der Waals surface area contributed by atoms with Gasteiger partial charge in [0.2, 0.25) is 0 Å². The minimum absolute atomic E-state index is 0.624. The average molecular weight is 268 g/mol. The van der Waals surface area contributed by atoms with Crippen LogP contribution in [0.2, 0.25) is 0 Å². The number of allylic oxidation sites excluding steroid dienone is 1. The van der Waals surface area contributed by atoms with Crippen LogP contribution in [0.3, 0.4) is 0 Å². The molecule has 0 aliphatic carbocycles. The maximum atomic E-state index is 11.1. The molecule has 0 heterocycles. The highest BCUT2D eigenvalue weighted by Gasteiger charge is 2.05. The number of rotatable bonds is 13. The van der Waals surface area contributed by atoms with Crippen molar-refractivity contribution in [2.45, 2.75) is 90.9 Å². The van der Waals surface area contributed by atoms with E-state index in [-0.39, 0.29) is 0 Å². The van der Waals surface area contributed by atoms with E-state index < -0.39 is 5.97 Å². The first-order valence-corrected chi connectivity index (χ1v) is 8.14. The number of unbranched alkanes of at least 4 members (excludes halogenated alkanes) is 9. The Balaban J connectivity index is 3.59. The van der Waals surface area contributed by atoms with E-state index in [9.17, 15) is 4.79 Å². The molecule has 0 bridgehead atoms. The maximum Gasteiger partial charge on any atom is 0.331 e. The fourth-order valence-corrected chi connectivity index (χ4v) is 2.23. The van der Waals surface area contributed by atoms with Gasteiger partial charge in [-0.1, -0.05) is 77.7 Å². The topological polar surface area (TPSA) is 37.3 Å². The minimum atomic E-state index is -0.723.